The first kappa shape index (κ1) is 16.4. The number of carboxylic acids is 1. The minimum atomic E-state index is -3.82. The lowest BCUT2D eigenvalue weighted by Crippen LogP contribution is -2.29. The average Bonchev–Trinajstić information content (AvgIpc) is 2.46. The summed E-state index contributed by atoms with van der Waals surface area (Å²) >= 11 is 0. The summed E-state index contributed by atoms with van der Waals surface area (Å²) < 4.78 is 22.6. The number of carboxylic acid groups (broad SMARTS) is 1. The van der Waals surface area contributed by atoms with Crippen molar-refractivity contribution >= 4 is 27.6 Å². The first-order valence-electron chi connectivity index (χ1n) is 6.94. The highest BCUT2D eigenvalue weighted by atomic mass is 32.2. The molecule has 1 saturated carbocycles. The number of sulfonamides is 1. The van der Waals surface area contributed by atoms with Gasteiger partial charge in [0.15, 0.2) is 0 Å². The number of benzene rings is 1. The van der Waals surface area contributed by atoms with Crippen LogP contribution in [0.5, 0.6) is 0 Å². The van der Waals surface area contributed by atoms with Crippen LogP contribution in [-0.4, -0.2) is 25.4 Å². The quantitative estimate of drug-likeness (QED) is 0.765. The Balaban J connectivity index is 2.00. The van der Waals surface area contributed by atoms with Gasteiger partial charge in [0.1, 0.15) is 0 Å². The molecule has 0 unspecified atom stereocenters. The monoisotopic (exact) mass is 326 g/mol. The lowest BCUT2D eigenvalue weighted by Gasteiger charge is -2.25. The topological polar surface area (TPSA) is 127 Å². The second kappa shape index (κ2) is 6.45. The maximum atomic E-state index is 12.2. The van der Waals surface area contributed by atoms with E-state index in [1.165, 1.54) is 18.2 Å². The van der Waals surface area contributed by atoms with Gasteiger partial charge in [-0.15, -0.1) is 0 Å². The van der Waals surface area contributed by atoms with E-state index in [2.05, 4.69) is 5.32 Å². The van der Waals surface area contributed by atoms with Gasteiger partial charge in [0, 0.05) is 11.6 Å². The molecule has 0 atom stereocenters. The number of rotatable bonds is 4. The Labute approximate surface area is 128 Å². The molecule has 0 saturated heterocycles. The fourth-order valence-corrected chi connectivity index (χ4v) is 3.16. The maximum Gasteiger partial charge on any atom is 0.306 e. The summed E-state index contributed by atoms with van der Waals surface area (Å²) in [5.41, 5.74) is 0.358. The van der Waals surface area contributed by atoms with E-state index < -0.39 is 16.0 Å². The minimum Gasteiger partial charge on any atom is -0.481 e. The summed E-state index contributed by atoms with van der Waals surface area (Å²) in [6.07, 6.45) is 1.98. The molecular formula is C14H18N2O5S. The van der Waals surface area contributed by atoms with Crippen LogP contribution in [-0.2, 0) is 19.6 Å². The number of carbonyl (C=O) groups excluding carboxylic acids is 1. The number of nitrogens with one attached hydrogen (secondary N) is 1. The van der Waals surface area contributed by atoms with Gasteiger partial charge in [0.05, 0.1) is 10.8 Å². The van der Waals surface area contributed by atoms with E-state index >= 15 is 0 Å². The Hall–Kier alpha value is -1.93. The number of aliphatic carboxylic acids is 1. The summed E-state index contributed by atoms with van der Waals surface area (Å²) in [7, 11) is -3.82. The van der Waals surface area contributed by atoms with Crippen molar-refractivity contribution in [2.75, 3.05) is 5.32 Å². The molecule has 0 bridgehead atoms. The molecule has 1 aliphatic carbocycles. The Morgan fingerprint density at radius 1 is 1.14 bits per heavy atom. The minimum absolute atomic E-state index is 0.0696. The van der Waals surface area contributed by atoms with E-state index in [0.717, 1.165) is 0 Å². The number of anilines is 1. The van der Waals surface area contributed by atoms with Crippen LogP contribution in [0.15, 0.2) is 29.2 Å². The number of amides is 1. The molecule has 1 amide bonds. The fraction of sp³-hybridized carbons (Fsp3) is 0.429. The third-order valence-corrected chi connectivity index (χ3v) is 4.79. The van der Waals surface area contributed by atoms with E-state index in [-0.39, 0.29) is 22.6 Å². The molecule has 4 N–H and O–H groups in total. The van der Waals surface area contributed by atoms with Gasteiger partial charge in [-0.05, 0) is 43.9 Å². The average molecular weight is 326 g/mol. The number of hydrogen-bond donors (Lipinski definition) is 3. The second-order valence-electron chi connectivity index (χ2n) is 5.45. The second-order valence-corrected chi connectivity index (χ2v) is 7.01. The molecule has 120 valence electrons. The standard InChI is InChI=1S/C14H18N2O5S/c15-22(20,21)12-3-1-2-11(8-12)16-13(17)9-4-6-10(7-5-9)14(18)19/h1-3,8-10H,4-7H2,(H,16,17)(H,18,19)(H2,15,20,21). The predicted octanol–water partition coefficient (Wildman–Crippen LogP) is 1.16. The zero-order valence-electron chi connectivity index (χ0n) is 11.9. The molecule has 0 spiro atoms. The molecule has 1 aromatic rings. The molecule has 1 fully saturated rings. The number of primary sulfonamides is 1. The molecule has 22 heavy (non-hydrogen) atoms. The molecule has 0 heterocycles. The van der Waals surface area contributed by atoms with Crippen LogP contribution >= 0.6 is 0 Å². The summed E-state index contributed by atoms with van der Waals surface area (Å²) in [5, 5.41) is 16.6. The molecule has 7 nitrogen and oxygen atoms in total. The lowest BCUT2D eigenvalue weighted by atomic mass is 9.81. The number of carbonyl (C=O) groups is 2. The van der Waals surface area contributed by atoms with E-state index in [1.807, 2.05) is 0 Å². The highest BCUT2D eigenvalue weighted by Gasteiger charge is 2.29. The van der Waals surface area contributed by atoms with E-state index in [4.69, 9.17) is 10.2 Å². The number of nitrogens with two attached hydrogens (primary N) is 1. The third kappa shape index (κ3) is 4.05. The highest BCUT2D eigenvalue weighted by molar-refractivity contribution is 7.89. The molecule has 0 aromatic heterocycles. The van der Waals surface area contributed by atoms with Crippen molar-refractivity contribution in [1.82, 2.24) is 0 Å². The van der Waals surface area contributed by atoms with Gasteiger partial charge in [-0.3, -0.25) is 9.59 Å². The fourth-order valence-electron chi connectivity index (χ4n) is 2.60. The van der Waals surface area contributed by atoms with E-state index in [1.54, 1.807) is 6.07 Å². The van der Waals surface area contributed by atoms with Crippen LogP contribution < -0.4 is 10.5 Å². The van der Waals surface area contributed by atoms with Crippen molar-refractivity contribution in [2.45, 2.75) is 30.6 Å². The number of hydrogen-bond acceptors (Lipinski definition) is 4. The zero-order valence-corrected chi connectivity index (χ0v) is 12.7. The first-order valence-corrected chi connectivity index (χ1v) is 8.48. The largest absolute Gasteiger partial charge is 0.481 e. The van der Waals surface area contributed by atoms with Crippen LogP contribution in [0.25, 0.3) is 0 Å². The summed E-state index contributed by atoms with van der Waals surface area (Å²) in [6, 6.07) is 5.73. The van der Waals surface area contributed by atoms with Crippen LogP contribution in [0.4, 0.5) is 5.69 Å². The predicted molar refractivity (Wildman–Crippen MR) is 79.5 cm³/mol. The van der Waals surface area contributed by atoms with Crippen LogP contribution in [0.2, 0.25) is 0 Å². The van der Waals surface area contributed by atoms with Crippen LogP contribution in [0.3, 0.4) is 0 Å². The highest BCUT2D eigenvalue weighted by Crippen LogP contribution is 2.30. The molecule has 0 aliphatic heterocycles. The summed E-state index contributed by atoms with van der Waals surface area (Å²) in [5.74, 6) is -1.68. The van der Waals surface area contributed by atoms with Crippen LogP contribution in [0, 0.1) is 11.8 Å². The third-order valence-electron chi connectivity index (χ3n) is 3.88. The Morgan fingerprint density at radius 2 is 1.73 bits per heavy atom. The molecule has 1 aliphatic rings. The Morgan fingerprint density at radius 3 is 2.27 bits per heavy atom. The van der Waals surface area contributed by atoms with Crippen molar-refractivity contribution in [1.29, 1.82) is 0 Å². The first-order chi connectivity index (χ1) is 10.3. The van der Waals surface area contributed by atoms with E-state index in [0.29, 0.717) is 31.4 Å². The molecule has 2 rings (SSSR count). The lowest BCUT2D eigenvalue weighted by molar-refractivity contribution is -0.143. The van der Waals surface area contributed by atoms with Crippen molar-refractivity contribution in [3.63, 3.8) is 0 Å². The van der Waals surface area contributed by atoms with Gasteiger partial charge in [-0.1, -0.05) is 6.07 Å². The van der Waals surface area contributed by atoms with Gasteiger partial charge in [-0.25, -0.2) is 13.6 Å². The summed E-state index contributed by atoms with van der Waals surface area (Å²) in [4.78, 5) is 23.0. The Kier molecular flexibility index (Phi) is 4.82. The summed E-state index contributed by atoms with van der Waals surface area (Å²) in [6.45, 7) is 0. The van der Waals surface area contributed by atoms with Crippen molar-refractivity contribution < 1.29 is 23.1 Å². The van der Waals surface area contributed by atoms with E-state index in [9.17, 15) is 18.0 Å². The SMILES string of the molecule is NS(=O)(=O)c1cccc(NC(=O)C2CCC(C(=O)O)CC2)c1. The van der Waals surface area contributed by atoms with Gasteiger partial charge < -0.3 is 10.4 Å². The molecule has 0 radical (unpaired) electrons. The van der Waals surface area contributed by atoms with Crippen LogP contribution in [0.1, 0.15) is 25.7 Å². The van der Waals surface area contributed by atoms with Crippen molar-refractivity contribution in [3.05, 3.63) is 24.3 Å². The maximum absolute atomic E-state index is 12.2. The van der Waals surface area contributed by atoms with Crippen molar-refractivity contribution in [3.8, 4) is 0 Å². The Bertz CT molecular complexity index is 678. The smallest absolute Gasteiger partial charge is 0.306 e. The van der Waals surface area contributed by atoms with Gasteiger partial charge in [0.25, 0.3) is 0 Å². The zero-order chi connectivity index (χ0) is 16.3. The normalized spacial score (nSPS) is 22.0. The molecular weight excluding hydrogens is 308 g/mol. The molecule has 1 aromatic carbocycles. The van der Waals surface area contributed by atoms with Gasteiger partial charge in [-0.2, -0.15) is 0 Å². The van der Waals surface area contributed by atoms with Gasteiger partial charge in [0.2, 0.25) is 15.9 Å². The van der Waals surface area contributed by atoms with Gasteiger partial charge >= 0.3 is 5.97 Å². The molecule has 8 heteroatoms. The van der Waals surface area contributed by atoms with Crippen molar-refractivity contribution in [2.24, 2.45) is 17.0 Å².